The summed E-state index contributed by atoms with van der Waals surface area (Å²) < 4.78 is 27.6. The van der Waals surface area contributed by atoms with E-state index in [1.54, 1.807) is 29.7 Å². The second-order valence-corrected chi connectivity index (χ2v) is 4.85. The highest BCUT2D eigenvalue weighted by atomic mass is 19.2. The molecule has 0 spiro atoms. The van der Waals surface area contributed by atoms with Crippen molar-refractivity contribution in [3.05, 3.63) is 71.2 Å². The van der Waals surface area contributed by atoms with Crippen molar-refractivity contribution in [1.29, 1.82) is 0 Å². The minimum atomic E-state index is -0.974. The first kappa shape index (κ1) is 14.8. The number of benzene rings is 1. The van der Waals surface area contributed by atoms with Gasteiger partial charge in [-0.05, 0) is 36.8 Å². The number of hydrazone groups is 1. The summed E-state index contributed by atoms with van der Waals surface area (Å²) in [4.78, 5) is 16.5. The Morgan fingerprint density at radius 3 is 2.87 bits per heavy atom. The second kappa shape index (κ2) is 5.96. The molecule has 0 bridgehead atoms. The van der Waals surface area contributed by atoms with Crippen LogP contribution in [0.15, 0.2) is 47.7 Å². The van der Waals surface area contributed by atoms with E-state index < -0.39 is 17.5 Å². The maximum Gasteiger partial charge on any atom is 0.290 e. The molecule has 3 rings (SSSR count). The van der Waals surface area contributed by atoms with Gasteiger partial charge in [0.05, 0.1) is 11.9 Å². The summed E-state index contributed by atoms with van der Waals surface area (Å²) in [6.07, 6.45) is 2.96. The Hall–Kier alpha value is -3.09. The summed E-state index contributed by atoms with van der Waals surface area (Å²) in [5, 5.41) is 3.76. The first-order valence-corrected chi connectivity index (χ1v) is 6.78. The van der Waals surface area contributed by atoms with Crippen molar-refractivity contribution >= 4 is 17.8 Å². The minimum absolute atomic E-state index is 0.332. The number of nitrogens with zero attached hydrogens (tertiary/aromatic N) is 3. The maximum absolute atomic E-state index is 13.1. The van der Waals surface area contributed by atoms with Crippen LogP contribution in [-0.2, 0) is 0 Å². The summed E-state index contributed by atoms with van der Waals surface area (Å²) in [6.45, 7) is 1.72. The minimum Gasteiger partial charge on any atom is -0.295 e. The predicted molar refractivity (Wildman–Crippen MR) is 81.3 cm³/mol. The van der Waals surface area contributed by atoms with Gasteiger partial charge in [-0.3, -0.25) is 9.20 Å². The molecule has 0 atom stereocenters. The third-order valence-electron chi connectivity index (χ3n) is 3.24. The summed E-state index contributed by atoms with van der Waals surface area (Å²) >= 11 is 0. The number of hydrogen-bond donors (Lipinski definition) is 1. The largest absolute Gasteiger partial charge is 0.295 e. The Kier molecular flexibility index (Phi) is 3.84. The lowest BCUT2D eigenvalue weighted by molar-refractivity contribution is 0.0948. The number of pyridine rings is 1. The van der Waals surface area contributed by atoms with Crippen LogP contribution >= 0.6 is 0 Å². The van der Waals surface area contributed by atoms with Crippen LogP contribution in [0.1, 0.15) is 21.7 Å². The number of carbonyl (C=O) groups excluding carboxylic acids is 1. The van der Waals surface area contributed by atoms with Gasteiger partial charge in [-0.1, -0.05) is 12.1 Å². The van der Waals surface area contributed by atoms with Crippen LogP contribution in [0, 0.1) is 18.6 Å². The molecule has 1 amide bonds. The predicted octanol–water partition coefficient (Wildman–Crippen LogP) is 2.68. The Labute approximate surface area is 130 Å². The van der Waals surface area contributed by atoms with Gasteiger partial charge in [-0.25, -0.2) is 19.2 Å². The molecule has 0 aliphatic rings. The van der Waals surface area contributed by atoms with Crippen molar-refractivity contribution in [2.75, 3.05) is 0 Å². The first-order chi connectivity index (χ1) is 11.1. The number of halogens is 2. The van der Waals surface area contributed by atoms with Gasteiger partial charge in [0, 0.05) is 6.20 Å². The molecule has 2 aromatic heterocycles. The van der Waals surface area contributed by atoms with E-state index in [9.17, 15) is 13.6 Å². The monoisotopic (exact) mass is 314 g/mol. The Morgan fingerprint density at radius 2 is 2.09 bits per heavy atom. The number of carbonyl (C=O) groups is 1. The second-order valence-electron chi connectivity index (χ2n) is 4.85. The van der Waals surface area contributed by atoms with Gasteiger partial charge in [0.2, 0.25) is 0 Å². The van der Waals surface area contributed by atoms with E-state index in [1.165, 1.54) is 12.3 Å². The van der Waals surface area contributed by atoms with Crippen molar-refractivity contribution in [2.24, 2.45) is 5.10 Å². The fourth-order valence-electron chi connectivity index (χ4n) is 2.20. The van der Waals surface area contributed by atoms with E-state index in [4.69, 9.17) is 0 Å². The molecule has 2 heterocycles. The topological polar surface area (TPSA) is 58.8 Å². The number of imidazole rings is 1. The molecular formula is C16H12F2N4O. The summed E-state index contributed by atoms with van der Waals surface area (Å²) in [6, 6.07) is 8.74. The number of aryl methyl sites for hydroxylation is 1. The van der Waals surface area contributed by atoms with Gasteiger partial charge in [0.15, 0.2) is 11.6 Å². The highest BCUT2D eigenvalue weighted by molar-refractivity contribution is 5.95. The lowest BCUT2D eigenvalue weighted by Crippen LogP contribution is -2.20. The molecule has 1 aromatic carbocycles. The molecule has 116 valence electrons. The van der Waals surface area contributed by atoms with E-state index in [0.717, 1.165) is 12.1 Å². The van der Waals surface area contributed by atoms with E-state index in [0.29, 0.717) is 22.6 Å². The molecule has 0 fully saturated rings. The fourth-order valence-corrected chi connectivity index (χ4v) is 2.20. The van der Waals surface area contributed by atoms with Gasteiger partial charge in [0.1, 0.15) is 11.3 Å². The lowest BCUT2D eigenvalue weighted by Gasteiger charge is -2.01. The quantitative estimate of drug-likeness (QED) is 0.597. The molecule has 1 N–H and O–H groups in total. The van der Waals surface area contributed by atoms with Crippen molar-refractivity contribution in [1.82, 2.24) is 14.8 Å². The van der Waals surface area contributed by atoms with Gasteiger partial charge in [0.25, 0.3) is 5.91 Å². The SMILES string of the molecule is Cc1nc2ccccn2c1C(=O)N/N=C\c1ccc(F)c(F)c1. The van der Waals surface area contributed by atoms with Crippen LogP contribution in [0.5, 0.6) is 0 Å². The number of hydrogen-bond acceptors (Lipinski definition) is 3. The Bertz CT molecular complexity index is 918. The average Bonchev–Trinajstić information content (AvgIpc) is 2.86. The molecule has 0 aliphatic carbocycles. The highest BCUT2D eigenvalue weighted by Crippen LogP contribution is 2.11. The van der Waals surface area contributed by atoms with Crippen LogP contribution in [0.25, 0.3) is 5.65 Å². The molecule has 7 heteroatoms. The molecule has 23 heavy (non-hydrogen) atoms. The number of aromatic nitrogens is 2. The van der Waals surface area contributed by atoms with E-state index in [1.807, 2.05) is 6.07 Å². The zero-order chi connectivity index (χ0) is 16.4. The standard InChI is InChI=1S/C16H12F2N4O/c1-10-15(22-7-3-2-4-14(22)20-10)16(23)21-19-9-11-5-6-12(17)13(18)8-11/h2-9H,1H3,(H,21,23)/b19-9-. The van der Waals surface area contributed by atoms with Gasteiger partial charge in [-0.2, -0.15) is 5.10 Å². The highest BCUT2D eigenvalue weighted by Gasteiger charge is 2.15. The Balaban J connectivity index is 1.79. The molecule has 0 saturated heterocycles. The normalized spacial score (nSPS) is 11.3. The van der Waals surface area contributed by atoms with E-state index >= 15 is 0 Å². The Morgan fingerprint density at radius 1 is 1.26 bits per heavy atom. The van der Waals surface area contributed by atoms with Crippen LogP contribution in [0.3, 0.4) is 0 Å². The van der Waals surface area contributed by atoms with Gasteiger partial charge in [-0.15, -0.1) is 0 Å². The molecule has 3 aromatic rings. The van der Waals surface area contributed by atoms with E-state index in [-0.39, 0.29) is 0 Å². The van der Waals surface area contributed by atoms with Crippen molar-refractivity contribution in [3.63, 3.8) is 0 Å². The van der Waals surface area contributed by atoms with Crippen molar-refractivity contribution in [3.8, 4) is 0 Å². The summed E-state index contributed by atoms with van der Waals surface area (Å²) in [5.74, 6) is -2.36. The summed E-state index contributed by atoms with van der Waals surface area (Å²) in [7, 11) is 0. The molecule has 0 saturated carbocycles. The van der Waals surface area contributed by atoms with Crippen molar-refractivity contribution < 1.29 is 13.6 Å². The third kappa shape index (κ3) is 2.94. The molecule has 0 unspecified atom stereocenters. The average molecular weight is 314 g/mol. The van der Waals surface area contributed by atoms with Gasteiger partial charge >= 0.3 is 0 Å². The molecular weight excluding hydrogens is 302 g/mol. The van der Waals surface area contributed by atoms with E-state index in [2.05, 4.69) is 15.5 Å². The third-order valence-corrected chi connectivity index (χ3v) is 3.24. The van der Waals surface area contributed by atoms with Crippen LogP contribution in [0.4, 0.5) is 8.78 Å². The van der Waals surface area contributed by atoms with Gasteiger partial charge < -0.3 is 0 Å². The van der Waals surface area contributed by atoms with Crippen LogP contribution in [-0.4, -0.2) is 21.5 Å². The van der Waals surface area contributed by atoms with Crippen LogP contribution in [0.2, 0.25) is 0 Å². The zero-order valence-electron chi connectivity index (χ0n) is 12.1. The fraction of sp³-hybridized carbons (Fsp3) is 0.0625. The molecule has 0 radical (unpaired) electrons. The van der Waals surface area contributed by atoms with Crippen LogP contribution < -0.4 is 5.43 Å². The number of rotatable bonds is 3. The lowest BCUT2D eigenvalue weighted by atomic mass is 10.2. The first-order valence-electron chi connectivity index (χ1n) is 6.78. The summed E-state index contributed by atoms with van der Waals surface area (Å²) in [5.41, 5.74) is 4.27. The van der Waals surface area contributed by atoms with Crippen molar-refractivity contribution in [2.45, 2.75) is 6.92 Å². The number of fused-ring (bicyclic) bond motifs is 1. The molecule has 5 nitrogen and oxygen atoms in total. The molecule has 0 aliphatic heterocycles. The number of amides is 1. The maximum atomic E-state index is 13.1. The zero-order valence-corrected chi connectivity index (χ0v) is 12.1. The smallest absolute Gasteiger partial charge is 0.290 e. The number of nitrogens with one attached hydrogen (secondary N) is 1.